The summed E-state index contributed by atoms with van der Waals surface area (Å²) >= 11 is 0. The third-order valence-corrected chi connectivity index (χ3v) is 5.70. The third kappa shape index (κ3) is 2.60. The second-order valence-electron chi connectivity index (χ2n) is 6.14. The minimum atomic E-state index is -4.35. The molecule has 0 bridgehead atoms. The van der Waals surface area contributed by atoms with Crippen LogP contribution in [0.25, 0.3) is 22.4 Å². The molecule has 0 heterocycles. The fraction of sp³-hybridized carbons (Fsp3) is 0.0476. The Hall–Kier alpha value is -2.69. The summed E-state index contributed by atoms with van der Waals surface area (Å²) < 4.78 is 34.3. The lowest BCUT2D eigenvalue weighted by Crippen LogP contribution is -2.39. The molecule has 1 unspecified atom stereocenters. The van der Waals surface area contributed by atoms with Crippen LogP contribution in [-0.4, -0.2) is 18.2 Å². The molecule has 0 fully saturated rings. The highest BCUT2D eigenvalue weighted by molar-refractivity contribution is 7.87. The summed E-state index contributed by atoms with van der Waals surface area (Å²) in [5.74, 6) is 0. The molecule has 3 aromatic rings. The average molecular weight is 348 g/mol. The van der Waals surface area contributed by atoms with E-state index < -0.39 is 15.4 Å². The highest BCUT2D eigenvalue weighted by atomic mass is 32.2. The molecular weight excluding hydrogens is 332 g/mol. The molecule has 1 aliphatic carbocycles. The number of hydrogen-bond acceptors (Lipinski definition) is 2. The molecule has 0 saturated heterocycles. The Bertz CT molecular complexity index is 1230. The Balaban J connectivity index is 2.22. The SMILES string of the molecule is C=C1C=c2ccccc2=C(c2cccc3ccccc23)C1S(=O)(=O)O. The maximum Gasteiger partial charge on any atom is 0.276 e. The molecule has 4 heteroatoms. The molecule has 0 radical (unpaired) electrons. The van der Waals surface area contributed by atoms with Gasteiger partial charge >= 0.3 is 0 Å². The monoisotopic (exact) mass is 348 g/mol. The smallest absolute Gasteiger partial charge is 0.276 e. The van der Waals surface area contributed by atoms with Crippen LogP contribution in [0.15, 0.2) is 78.9 Å². The second-order valence-corrected chi connectivity index (χ2v) is 7.64. The first kappa shape index (κ1) is 15.8. The van der Waals surface area contributed by atoms with Gasteiger partial charge in [0.2, 0.25) is 0 Å². The molecule has 3 aromatic carbocycles. The Kier molecular flexibility index (Phi) is 3.60. The van der Waals surface area contributed by atoms with E-state index in [9.17, 15) is 13.0 Å². The summed E-state index contributed by atoms with van der Waals surface area (Å²) in [7, 11) is -4.35. The van der Waals surface area contributed by atoms with E-state index in [0.29, 0.717) is 11.1 Å². The van der Waals surface area contributed by atoms with E-state index in [0.717, 1.165) is 26.8 Å². The van der Waals surface area contributed by atoms with Crippen LogP contribution in [0.5, 0.6) is 0 Å². The van der Waals surface area contributed by atoms with Gasteiger partial charge in [0.05, 0.1) is 0 Å². The van der Waals surface area contributed by atoms with E-state index in [1.54, 1.807) is 6.08 Å². The maximum absolute atomic E-state index is 12.2. The minimum Gasteiger partial charge on any atom is -0.285 e. The highest BCUT2D eigenvalue weighted by Gasteiger charge is 2.33. The standard InChI is InChI=1S/C21H16O3S/c1-14-13-16-8-3-5-11-18(16)20(21(14)25(22,23)24)19-12-6-9-15-7-2-4-10-17(15)19/h2-13,21H,1H2,(H,22,23,24). The lowest BCUT2D eigenvalue weighted by molar-refractivity contribution is 0.481. The van der Waals surface area contributed by atoms with E-state index in [4.69, 9.17) is 0 Å². The molecule has 0 amide bonds. The first-order valence-electron chi connectivity index (χ1n) is 7.91. The van der Waals surface area contributed by atoms with Crippen molar-refractivity contribution in [3.8, 4) is 0 Å². The van der Waals surface area contributed by atoms with Gasteiger partial charge in [-0.1, -0.05) is 73.3 Å². The normalized spacial score (nSPS) is 17.2. The molecule has 0 aliphatic heterocycles. The van der Waals surface area contributed by atoms with Gasteiger partial charge in [-0.15, -0.1) is 0 Å². The van der Waals surface area contributed by atoms with E-state index in [1.807, 2.05) is 66.7 Å². The summed E-state index contributed by atoms with van der Waals surface area (Å²) in [6.07, 6.45) is 1.72. The molecule has 0 aromatic heterocycles. The largest absolute Gasteiger partial charge is 0.285 e. The molecule has 1 atom stereocenters. The van der Waals surface area contributed by atoms with Crippen molar-refractivity contribution in [1.82, 2.24) is 0 Å². The van der Waals surface area contributed by atoms with Crippen LogP contribution in [0, 0.1) is 0 Å². The number of fused-ring (bicyclic) bond motifs is 2. The number of rotatable bonds is 2. The highest BCUT2D eigenvalue weighted by Crippen LogP contribution is 2.32. The summed E-state index contributed by atoms with van der Waals surface area (Å²) in [4.78, 5) is 0. The van der Waals surface area contributed by atoms with Crippen molar-refractivity contribution >= 4 is 32.5 Å². The molecule has 1 N–H and O–H groups in total. The van der Waals surface area contributed by atoms with Gasteiger partial charge in [-0.25, -0.2) is 0 Å². The van der Waals surface area contributed by atoms with E-state index >= 15 is 0 Å². The van der Waals surface area contributed by atoms with Crippen LogP contribution in [0.2, 0.25) is 0 Å². The van der Waals surface area contributed by atoms with Crippen LogP contribution < -0.4 is 10.4 Å². The van der Waals surface area contributed by atoms with E-state index in [2.05, 4.69) is 6.58 Å². The molecule has 4 rings (SSSR count). The predicted octanol–water partition coefficient (Wildman–Crippen LogP) is 2.65. The van der Waals surface area contributed by atoms with Crippen molar-refractivity contribution in [2.24, 2.45) is 0 Å². The second kappa shape index (κ2) is 5.69. The minimum absolute atomic E-state index is 0.365. The van der Waals surface area contributed by atoms with Crippen molar-refractivity contribution in [3.63, 3.8) is 0 Å². The van der Waals surface area contributed by atoms with Crippen LogP contribution in [0.4, 0.5) is 0 Å². The van der Waals surface area contributed by atoms with Gasteiger partial charge in [-0.3, -0.25) is 4.55 Å². The zero-order valence-corrected chi connectivity index (χ0v) is 14.2. The Morgan fingerprint density at radius 1 is 0.880 bits per heavy atom. The van der Waals surface area contributed by atoms with Crippen LogP contribution in [0.3, 0.4) is 0 Å². The van der Waals surface area contributed by atoms with Crippen LogP contribution >= 0.6 is 0 Å². The Labute approximate surface area is 146 Å². The Morgan fingerprint density at radius 2 is 1.56 bits per heavy atom. The van der Waals surface area contributed by atoms with Gasteiger partial charge in [0.1, 0.15) is 5.25 Å². The van der Waals surface area contributed by atoms with Gasteiger partial charge < -0.3 is 0 Å². The topological polar surface area (TPSA) is 54.4 Å². The fourth-order valence-corrected chi connectivity index (χ4v) is 4.56. The van der Waals surface area contributed by atoms with Crippen LogP contribution in [-0.2, 0) is 10.1 Å². The maximum atomic E-state index is 12.2. The molecule has 0 saturated carbocycles. The van der Waals surface area contributed by atoms with Gasteiger partial charge in [-0.2, -0.15) is 8.42 Å². The van der Waals surface area contributed by atoms with Gasteiger partial charge in [0.25, 0.3) is 10.1 Å². The van der Waals surface area contributed by atoms with E-state index in [-0.39, 0.29) is 0 Å². The summed E-state index contributed by atoms with van der Waals surface area (Å²) in [6.45, 7) is 3.90. The van der Waals surface area contributed by atoms with Gasteiger partial charge in [0, 0.05) is 0 Å². The molecular formula is C21H16O3S. The van der Waals surface area contributed by atoms with Crippen molar-refractivity contribution in [2.75, 3.05) is 0 Å². The summed E-state index contributed by atoms with van der Waals surface area (Å²) in [5, 5.41) is 2.48. The quantitative estimate of drug-likeness (QED) is 0.725. The number of benzene rings is 3. The average Bonchev–Trinajstić information content (AvgIpc) is 2.59. The first-order valence-corrected chi connectivity index (χ1v) is 9.41. The van der Waals surface area contributed by atoms with Gasteiger partial charge in [-0.05, 0) is 44.0 Å². The zero-order chi connectivity index (χ0) is 17.6. The first-order chi connectivity index (χ1) is 12.0. The summed E-state index contributed by atoms with van der Waals surface area (Å²) in [5.41, 5.74) is 1.73. The van der Waals surface area contributed by atoms with Crippen molar-refractivity contribution in [1.29, 1.82) is 0 Å². The lowest BCUT2D eigenvalue weighted by atomic mass is 9.88. The van der Waals surface area contributed by atoms with E-state index in [1.165, 1.54) is 0 Å². The molecule has 25 heavy (non-hydrogen) atoms. The Morgan fingerprint density at radius 3 is 2.36 bits per heavy atom. The predicted molar refractivity (Wildman–Crippen MR) is 101 cm³/mol. The zero-order valence-electron chi connectivity index (χ0n) is 13.4. The molecule has 3 nitrogen and oxygen atoms in total. The summed E-state index contributed by atoms with van der Waals surface area (Å²) in [6, 6.07) is 21.2. The van der Waals surface area contributed by atoms with Gasteiger partial charge in [0.15, 0.2) is 0 Å². The van der Waals surface area contributed by atoms with Crippen molar-refractivity contribution in [2.45, 2.75) is 5.25 Å². The third-order valence-electron chi connectivity index (χ3n) is 4.57. The fourth-order valence-electron chi connectivity index (χ4n) is 3.56. The lowest BCUT2D eigenvalue weighted by Gasteiger charge is -2.23. The van der Waals surface area contributed by atoms with Crippen molar-refractivity contribution in [3.05, 3.63) is 94.9 Å². The van der Waals surface area contributed by atoms with Crippen LogP contribution in [0.1, 0.15) is 5.56 Å². The molecule has 1 aliphatic rings. The number of hydrogen-bond donors (Lipinski definition) is 1. The molecule has 124 valence electrons. The molecule has 0 spiro atoms. The van der Waals surface area contributed by atoms with Crippen molar-refractivity contribution < 1.29 is 13.0 Å².